The first-order valence-corrected chi connectivity index (χ1v) is 7.39. The molecular formula is C14H8BrCl3O2. The molecule has 0 amide bonds. The maximum Gasteiger partial charge on any atom is 0.199 e. The van der Waals surface area contributed by atoms with Crippen molar-refractivity contribution in [2.75, 3.05) is 7.11 Å². The Kier molecular flexibility index (Phi) is 4.97. The number of carbonyl (C=O) groups excluding carboxylic acids is 1. The van der Waals surface area contributed by atoms with Crippen LogP contribution < -0.4 is 4.74 Å². The Morgan fingerprint density at radius 1 is 1.10 bits per heavy atom. The normalized spacial score (nSPS) is 10.4. The van der Waals surface area contributed by atoms with Gasteiger partial charge < -0.3 is 4.74 Å². The molecule has 0 saturated heterocycles. The van der Waals surface area contributed by atoms with Gasteiger partial charge in [-0.15, -0.1) is 0 Å². The van der Waals surface area contributed by atoms with Gasteiger partial charge in [0.05, 0.1) is 28.3 Å². The minimum atomic E-state index is -0.319. The summed E-state index contributed by atoms with van der Waals surface area (Å²) in [5.41, 5.74) is 0.583. The van der Waals surface area contributed by atoms with Gasteiger partial charge in [-0.1, -0.05) is 50.7 Å². The first-order chi connectivity index (χ1) is 9.43. The van der Waals surface area contributed by atoms with Gasteiger partial charge >= 0.3 is 0 Å². The third-order valence-electron chi connectivity index (χ3n) is 2.64. The van der Waals surface area contributed by atoms with Crippen molar-refractivity contribution in [3.8, 4) is 5.75 Å². The Morgan fingerprint density at radius 3 is 2.25 bits per heavy atom. The van der Waals surface area contributed by atoms with E-state index in [9.17, 15) is 4.79 Å². The van der Waals surface area contributed by atoms with E-state index in [0.717, 1.165) is 4.47 Å². The zero-order valence-corrected chi connectivity index (χ0v) is 14.1. The van der Waals surface area contributed by atoms with Crippen molar-refractivity contribution in [3.63, 3.8) is 0 Å². The van der Waals surface area contributed by atoms with Gasteiger partial charge in [0.15, 0.2) is 5.78 Å². The lowest BCUT2D eigenvalue weighted by Crippen LogP contribution is -2.05. The minimum Gasteiger partial charge on any atom is -0.496 e. The van der Waals surface area contributed by atoms with Crippen molar-refractivity contribution in [3.05, 3.63) is 61.0 Å². The Hall–Kier alpha value is -0.740. The van der Waals surface area contributed by atoms with Crippen LogP contribution in [-0.4, -0.2) is 12.9 Å². The largest absolute Gasteiger partial charge is 0.496 e. The van der Waals surface area contributed by atoms with Gasteiger partial charge in [-0.05, 0) is 30.3 Å². The highest BCUT2D eigenvalue weighted by Crippen LogP contribution is 2.33. The highest BCUT2D eigenvalue weighted by molar-refractivity contribution is 9.10. The maximum atomic E-state index is 12.6. The fourth-order valence-electron chi connectivity index (χ4n) is 1.75. The second kappa shape index (κ2) is 6.35. The van der Waals surface area contributed by atoms with Crippen LogP contribution in [0.4, 0.5) is 0 Å². The van der Waals surface area contributed by atoms with Gasteiger partial charge in [-0.3, -0.25) is 4.79 Å². The molecule has 0 aliphatic carbocycles. The summed E-state index contributed by atoms with van der Waals surface area (Å²) in [7, 11) is 1.49. The van der Waals surface area contributed by atoms with Crippen molar-refractivity contribution >= 4 is 56.5 Å². The number of hydrogen-bond donors (Lipinski definition) is 0. The highest BCUT2D eigenvalue weighted by atomic mass is 79.9. The third kappa shape index (κ3) is 3.12. The number of carbonyl (C=O) groups is 1. The SMILES string of the molecule is COc1cc(Br)ccc1C(=O)c1c(Cl)cc(Cl)cc1Cl. The number of ether oxygens (including phenoxy) is 1. The van der Waals surface area contributed by atoms with E-state index in [0.29, 0.717) is 16.3 Å². The lowest BCUT2D eigenvalue weighted by Gasteiger charge is -2.11. The van der Waals surface area contributed by atoms with Crippen LogP contribution in [0.1, 0.15) is 15.9 Å². The molecule has 2 rings (SSSR count). The summed E-state index contributed by atoms with van der Waals surface area (Å²) in [5.74, 6) is 0.118. The molecule has 6 heteroatoms. The van der Waals surface area contributed by atoms with E-state index in [2.05, 4.69) is 15.9 Å². The van der Waals surface area contributed by atoms with Crippen molar-refractivity contribution in [1.29, 1.82) is 0 Å². The molecule has 0 unspecified atom stereocenters. The minimum absolute atomic E-state index is 0.206. The molecule has 0 bridgehead atoms. The predicted octanol–water partition coefficient (Wildman–Crippen LogP) is 5.65. The van der Waals surface area contributed by atoms with E-state index in [1.54, 1.807) is 18.2 Å². The first kappa shape index (κ1) is 15.6. The van der Waals surface area contributed by atoms with Crippen LogP contribution in [0.15, 0.2) is 34.8 Å². The molecule has 0 saturated carbocycles. The fraction of sp³-hybridized carbons (Fsp3) is 0.0714. The van der Waals surface area contributed by atoms with Gasteiger partial charge in [0.2, 0.25) is 0 Å². The topological polar surface area (TPSA) is 26.3 Å². The highest BCUT2D eigenvalue weighted by Gasteiger charge is 2.21. The van der Waals surface area contributed by atoms with E-state index in [1.807, 2.05) is 0 Å². The molecule has 0 radical (unpaired) electrons. The summed E-state index contributed by atoms with van der Waals surface area (Å²) in [5, 5.41) is 0.786. The van der Waals surface area contributed by atoms with E-state index >= 15 is 0 Å². The Bertz CT molecular complexity index is 663. The molecule has 2 aromatic carbocycles. The van der Waals surface area contributed by atoms with Crippen LogP contribution in [0.3, 0.4) is 0 Å². The maximum absolute atomic E-state index is 12.6. The zero-order chi connectivity index (χ0) is 14.9. The van der Waals surface area contributed by atoms with Gasteiger partial charge in [0, 0.05) is 9.50 Å². The molecule has 0 heterocycles. The lowest BCUT2D eigenvalue weighted by molar-refractivity contribution is 0.103. The summed E-state index contributed by atoms with van der Waals surface area (Å²) in [6, 6.07) is 8.05. The van der Waals surface area contributed by atoms with E-state index in [1.165, 1.54) is 19.2 Å². The summed E-state index contributed by atoms with van der Waals surface area (Å²) < 4.78 is 6.01. The standard InChI is InChI=1S/C14H8BrCl3O2/c1-20-12-4-7(15)2-3-9(12)14(19)13-10(17)5-8(16)6-11(13)18/h2-6H,1H3. The fourth-order valence-corrected chi connectivity index (χ4v) is 3.08. The van der Waals surface area contributed by atoms with Gasteiger partial charge in [-0.25, -0.2) is 0 Å². The smallest absolute Gasteiger partial charge is 0.199 e. The Balaban J connectivity index is 2.58. The molecule has 0 N–H and O–H groups in total. The summed E-state index contributed by atoms with van der Waals surface area (Å²) in [6.45, 7) is 0. The van der Waals surface area contributed by atoms with Crippen LogP contribution in [0.2, 0.25) is 15.1 Å². The average molecular weight is 394 g/mol. The average Bonchev–Trinajstić information content (AvgIpc) is 2.37. The quantitative estimate of drug-likeness (QED) is 0.629. The predicted molar refractivity (Wildman–Crippen MR) is 85.6 cm³/mol. The van der Waals surface area contributed by atoms with Crippen molar-refractivity contribution in [1.82, 2.24) is 0 Å². The number of methoxy groups -OCH3 is 1. The van der Waals surface area contributed by atoms with Crippen LogP contribution in [-0.2, 0) is 0 Å². The van der Waals surface area contributed by atoms with Crippen molar-refractivity contribution in [2.45, 2.75) is 0 Å². The second-order valence-corrected chi connectivity index (χ2v) is 6.08. The zero-order valence-electron chi connectivity index (χ0n) is 10.2. The summed E-state index contributed by atoms with van der Waals surface area (Å²) in [4.78, 5) is 12.6. The van der Waals surface area contributed by atoms with Crippen molar-refractivity contribution in [2.24, 2.45) is 0 Å². The molecule has 0 spiro atoms. The molecule has 0 aliphatic rings. The molecule has 0 fully saturated rings. The Labute approximate surface area is 139 Å². The van der Waals surface area contributed by atoms with Gasteiger partial charge in [-0.2, -0.15) is 0 Å². The molecule has 20 heavy (non-hydrogen) atoms. The summed E-state index contributed by atoms with van der Waals surface area (Å²) in [6.07, 6.45) is 0. The van der Waals surface area contributed by atoms with Crippen LogP contribution >= 0.6 is 50.7 Å². The van der Waals surface area contributed by atoms with Crippen LogP contribution in [0.25, 0.3) is 0 Å². The number of benzene rings is 2. The van der Waals surface area contributed by atoms with Crippen molar-refractivity contribution < 1.29 is 9.53 Å². The molecule has 0 atom stereocenters. The second-order valence-electron chi connectivity index (χ2n) is 3.92. The Morgan fingerprint density at radius 2 is 1.70 bits per heavy atom. The summed E-state index contributed by atoms with van der Waals surface area (Å²) >= 11 is 21.3. The molecule has 104 valence electrons. The number of ketones is 1. The first-order valence-electron chi connectivity index (χ1n) is 5.47. The van der Waals surface area contributed by atoms with Gasteiger partial charge in [0.1, 0.15) is 5.75 Å². The molecule has 2 aromatic rings. The van der Waals surface area contributed by atoms with Crippen LogP contribution in [0.5, 0.6) is 5.75 Å². The van der Waals surface area contributed by atoms with E-state index in [4.69, 9.17) is 39.5 Å². The molecule has 0 aliphatic heterocycles. The lowest BCUT2D eigenvalue weighted by atomic mass is 10.0. The van der Waals surface area contributed by atoms with E-state index < -0.39 is 0 Å². The van der Waals surface area contributed by atoms with Gasteiger partial charge in [0.25, 0.3) is 0 Å². The monoisotopic (exact) mass is 392 g/mol. The van der Waals surface area contributed by atoms with Crippen LogP contribution in [0, 0.1) is 0 Å². The number of rotatable bonds is 3. The molecule has 2 nitrogen and oxygen atoms in total. The number of halogens is 4. The molecule has 0 aromatic heterocycles. The van der Waals surface area contributed by atoms with E-state index in [-0.39, 0.29) is 21.4 Å². The number of hydrogen-bond acceptors (Lipinski definition) is 2. The third-order valence-corrected chi connectivity index (χ3v) is 3.95. The molecular weight excluding hydrogens is 386 g/mol.